The van der Waals surface area contributed by atoms with E-state index in [2.05, 4.69) is 5.32 Å². The first-order chi connectivity index (χ1) is 17.5. The summed E-state index contributed by atoms with van der Waals surface area (Å²) in [6.07, 6.45) is 1.06. The average molecular weight is 566 g/mol. The number of hydrogen-bond acceptors (Lipinski definition) is 4. The summed E-state index contributed by atoms with van der Waals surface area (Å²) < 4.78 is 40.0. The fourth-order valence-electron chi connectivity index (χ4n) is 3.82. The van der Waals surface area contributed by atoms with Crippen LogP contribution in [0.25, 0.3) is 0 Å². The zero-order chi connectivity index (χ0) is 27.2. The number of amides is 2. The molecular formula is C26H26Cl2FN3O4S. The van der Waals surface area contributed by atoms with E-state index in [0.717, 1.165) is 22.2 Å². The van der Waals surface area contributed by atoms with E-state index in [9.17, 15) is 22.4 Å². The molecule has 196 valence electrons. The van der Waals surface area contributed by atoms with Crippen molar-refractivity contribution in [1.29, 1.82) is 0 Å². The summed E-state index contributed by atoms with van der Waals surface area (Å²) in [5.41, 5.74) is 1.16. The Morgan fingerprint density at radius 1 is 0.973 bits per heavy atom. The Hall–Kier alpha value is -3.14. The molecule has 0 aromatic heterocycles. The van der Waals surface area contributed by atoms with E-state index in [1.807, 2.05) is 30.3 Å². The van der Waals surface area contributed by atoms with Crippen molar-refractivity contribution in [3.05, 3.63) is 99.8 Å². The number of nitrogens with one attached hydrogen (secondary N) is 1. The van der Waals surface area contributed by atoms with Gasteiger partial charge in [0, 0.05) is 35.6 Å². The molecule has 0 saturated carbocycles. The molecule has 0 aliphatic rings. The third-order valence-corrected chi connectivity index (χ3v) is 7.53. The van der Waals surface area contributed by atoms with Crippen LogP contribution in [0.3, 0.4) is 0 Å². The average Bonchev–Trinajstić information content (AvgIpc) is 2.85. The number of likely N-dealkylation sites (N-methyl/N-ethyl adjacent to an activating group) is 1. The van der Waals surface area contributed by atoms with Crippen molar-refractivity contribution in [3.8, 4) is 0 Å². The summed E-state index contributed by atoms with van der Waals surface area (Å²) in [7, 11) is -2.55. The molecule has 0 fully saturated rings. The first-order valence-corrected chi connectivity index (χ1v) is 13.8. The van der Waals surface area contributed by atoms with Gasteiger partial charge < -0.3 is 10.2 Å². The van der Waals surface area contributed by atoms with Crippen LogP contribution in [-0.2, 0) is 32.6 Å². The van der Waals surface area contributed by atoms with Crippen molar-refractivity contribution >= 4 is 50.7 Å². The predicted octanol–water partition coefficient (Wildman–Crippen LogP) is 4.28. The van der Waals surface area contributed by atoms with Crippen LogP contribution in [0.5, 0.6) is 0 Å². The molecule has 0 aliphatic carbocycles. The lowest BCUT2D eigenvalue weighted by atomic mass is 10.0. The zero-order valence-corrected chi connectivity index (χ0v) is 22.5. The molecule has 0 radical (unpaired) electrons. The minimum Gasteiger partial charge on any atom is -0.357 e. The van der Waals surface area contributed by atoms with Gasteiger partial charge in [-0.1, -0.05) is 65.7 Å². The third-order valence-electron chi connectivity index (χ3n) is 5.68. The second-order valence-corrected chi connectivity index (χ2v) is 11.0. The highest BCUT2D eigenvalue weighted by atomic mass is 35.5. The van der Waals surface area contributed by atoms with E-state index in [1.54, 1.807) is 18.2 Å². The lowest BCUT2D eigenvalue weighted by molar-refractivity contribution is -0.139. The molecule has 11 heteroatoms. The summed E-state index contributed by atoms with van der Waals surface area (Å²) >= 11 is 12.8. The summed E-state index contributed by atoms with van der Waals surface area (Å²) in [6.45, 7) is -0.838. The molecule has 0 saturated heterocycles. The second kappa shape index (κ2) is 12.4. The van der Waals surface area contributed by atoms with Gasteiger partial charge in [0.05, 0.1) is 11.9 Å². The molecule has 37 heavy (non-hydrogen) atoms. The fourth-order valence-corrected chi connectivity index (χ4v) is 5.18. The van der Waals surface area contributed by atoms with E-state index < -0.39 is 40.2 Å². The molecule has 7 nitrogen and oxygen atoms in total. The molecule has 0 heterocycles. The normalized spacial score (nSPS) is 12.0. The maximum absolute atomic E-state index is 13.9. The van der Waals surface area contributed by atoms with Crippen LogP contribution in [-0.4, -0.2) is 51.0 Å². The van der Waals surface area contributed by atoms with E-state index in [-0.39, 0.29) is 28.7 Å². The lowest BCUT2D eigenvalue weighted by Crippen LogP contribution is -2.53. The number of nitrogens with zero attached hydrogens (tertiary/aromatic N) is 2. The lowest BCUT2D eigenvalue weighted by Gasteiger charge is -2.33. The van der Waals surface area contributed by atoms with Crippen molar-refractivity contribution in [1.82, 2.24) is 10.2 Å². The van der Waals surface area contributed by atoms with Crippen LogP contribution in [0.4, 0.5) is 10.1 Å². The first kappa shape index (κ1) is 28.4. The molecular weight excluding hydrogens is 540 g/mol. The molecule has 3 rings (SSSR count). The zero-order valence-electron chi connectivity index (χ0n) is 20.2. The van der Waals surface area contributed by atoms with Gasteiger partial charge in [0.15, 0.2) is 0 Å². The van der Waals surface area contributed by atoms with Crippen LogP contribution in [0, 0.1) is 5.82 Å². The molecule has 3 aromatic carbocycles. The number of sulfonamides is 1. The van der Waals surface area contributed by atoms with Gasteiger partial charge in [-0.2, -0.15) is 0 Å². The molecule has 0 spiro atoms. The second-order valence-electron chi connectivity index (χ2n) is 8.29. The summed E-state index contributed by atoms with van der Waals surface area (Å²) in [4.78, 5) is 28.1. The Bertz CT molecular complexity index is 1350. The Labute approximate surface area is 225 Å². The number of benzene rings is 3. The largest absolute Gasteiger partial charge is 0.357 e. The number of hydrogen-bond donors (Lipinski definition) is 1. The molecule has 2 amide bonds. The number of rotatable bonds is 10. The highest BCUT2D eigenvalue weighted by Gasteiger charge is 2.33. The minimum atomic E-state index is -4.00. The number of carbonyl (C=O) groups is 2. The Morgan fingerprint density at radius 3 is 2.16 bits per heavy atom. The van der Waals surface area contributed by atoms with Gasteiger partial charge >= 0.3 is 0 Å². The van der Waals surface area contributed by atoms with Gasteiger partial charge in [0.25, 0.3) is 0 Å². The molecule has 3 aromatic rings. The maximum atomic E-state index is 13.9. The van der Waals surface area contributed by atoms with Crippen molar-refractivity contribution in [2.75, 3.05) is 24.2 Å². The monoisotopic (exact) mass is 565 g/mol. The molecule has 1 N–H and O–H groups in total. The smallest absolute Gasteiger partial charge is 0.244 e. The number of halogens is 3. The van der Waals surface area contributed by atoms with E-state index in [0.29, 0.717) is 5.56 Å². The topological polar surface area (TPSA) is 86.8 Å². The van der Waals surface area contributed by atoms with Gasteiger partial charge in [-0.3, -0.25) is 13.9 Å². The van der Waals surface area contributed by atoms with Gasteiger partial charge in [0.1, 0.15) is 18.4 Å². The van der Waals surface area contributed by atoms with Crippen LogP contribution < -0.4 is 9.62 Å². The molecule has 0 aliphatic heterocycles. The van der Waals surface area contributed by atoms with Crippen LogP contribution in [0.1, 0.15) is 11.1 Å². The van der Waals surface area contributed by atoms with Crippen LogP contribution in [0.15, 0.2) is 72.8 Å². The first-order valence-electron chi connectivity index (χ1n) is 11.2. The van der Waals surface area contributed by atoms with Gasteiger partial charge in [0.2, 0.25) is 21.8 Å². The highest BCUT2D eigenvalue weighted by molar-refractivity contribution is 7.92. The Balaban J connectivity index is 2.07. The summed E-state index contributed by atoms with van der Waals surface area (Å²) in [5.74, 6) is -1.82. The van der Waals surface area contributed by atoms with Gasteiger partial charge in [-0.05, 0) is 35.9 Å². The van der Waals surface area contributed by atoms with Gasteiger partial charge in [-0.25, -0.2) is 12.8 Å². The molecule has 0 unspecified atom stereocenters. The Morgan fingerprint density at radius 2 is 1.59 bits per heavy atom. The van der Waals surface area contributed by atoms with Crippen molar-refractivity contribution in [2.24, 2.45) is 0 Å². The molecule has 0 bridgehead atoms. The van der Waals surface area contributed by atoms with Crippen molar-refractivity contribution in [3.63, 3.8) is 0 Å². The van der Waals surface area contributed by atoms with Crippen molar-refractivity contribution in [2.45, 2.75) is 19.0 Å². The van der Waals surface area contributed by atoms with E-state index in [4.69, 9.17) is 23.2 Å². The summed E-state index contributed by atoms with van der Waals surface area (Å²) in [5, 5.41) is 3.14. The SMILES string of the molecule is CNC(=O)[C@@H](Cc1ccccc1)N(Cc1c(Cl)cccc1Cl)C(=O)CN(c1cccc(F)c1)S(C)(=O)=O. The maximum Gasteiger partial charge on any atom is 0.244 e. The van der Waals surface area contributed by atoms with E-state index >= 15 is 0 Å². The number of anilines is 1. The van der Waals surface area contributed by atoms with Gasteiger partial charge in [-0.15, -0.1) is 0 Å². The fraction of sp³-hybridized carbons (Fsp3) is 0.231. The highest BCUT2D eigenvalue weighted by Crippen LogP contribution is 2.28. The van der Waals surface area contributed by atoms with Crippen LogP contribution >= 0.6 is 23.2 Å². The predicted molar refractivity (Wildman–Crippen MR) is 144 cm³/mol. The quantitative estimate of drug-likeness (QED) is 0.397. The van der Waals surface area contributed by atoms with E-state index in [1.165, 1.54) is 30.1 Å². The minimum absolute atomic E-state index is 0.0221. The summed E-state index contributed by atoms with van der Waals surface area (Å²) in [6, 6.07) is 17.8. The standard InChI is InChI=1S/C26H26Cl2FN3O4S/c1-30-26(34)24(14-18-8-4-3-5-9-18)31(16-21-22(27)12-7-13-23(21)28)25(33)17-32(37(2,35)36)20-11-6-10-19(29)15-20/h3-13,15,24H,14,16-17H2,1-2H3,(H,30,34)/t24-/m1/s1. The Kier molecular flexibility index (Phi) is 9.53. The van der Waals surface area contributed by atoms with Crippen molar-refractivity contribution < 1.29 is 22.4 Å². The molecule has 1 atom stereocenters. The number of carbonyl (C=O) groups excluding carboxylic acids is 2. The van der Waals surface area contributed by atoms with Crippen LogP contribution in [0.2, 0.25) is 10.0 Å². The third kappa shape index (κ3) is 7.44.